The third-order valence-corrected chi connectivity index (χ3v) is 5.05. The molecule has 27 heavy (non-hydrogen) atoms. The number of aryl methyl sites for hydroxylation is 1. The van der Waals surface area contributed by atoms with Gasteiger partial charge in [0.25, 0.3) is 0 Å². The maximum atomic E-state index is 14.2. The molecule has 0 unspecified atom stereocenters. The third-order valence-electron chi connectivity index (χ3n) is 5.05. The number of rotatable bonds is 2. The fraction of sp³-hybridized carbons (Fsp3) is 0.364. The maximum Gasteiger partial charge on any atom is 0.179 e. The molecule has 0 spiro atoms. The Morgan fingerprint density at radius 3 is 2.04 bits per heavy atom. The Morgan fingerprint density at radius 1 is 0.889 bits per heavy atom. The van der Waals surface area contributed by atoms with Crippen LogP contribution >= 0.6 is 0 Å². The Morgan fingerprint density at radius 2 is 1.48 bits per heavy atom. The second-order valence-electron chi connectivity index (χ2n) is 7.98. The van der Waals surface area contributed by atoms with Crippen molar-refractivity contribution in [2.24, 2.45) is 0 Å². The van der Waals surface area contributed by atoms with Crippen LogP contribution in [0.2, 0.25) is 0 Å². The highest BCUT2D eigenvalue weighted by Crippen LogP contribution is 2.40. The second-order valence-corrected chi connectivity index (χ2v) is 7.98. The van der Waals surface area contributed by atoms with Crippen LogP contribution in [0.5, 0.6) is 0 Å². The average molecular weight is 372 g/mol. The van der Waals surface area contributed by atoms with Gasteiger partial charge in [0, 0.05) is 11.6 Å². The minimum absolute atomic E-state index is 0.211. The van der Waals surface area contributed by atoms with Gasteiger partial charge in [-0.05, 0) is 69.5 Å². The SMILES string of the molecule is Cc1ccc(-c2ccc(F)cc2F)cc1C1C(=O)C(C)(C)OC(C)(C)C1=O. The quantitative estimate of drug-likeness (QED) is 0.715. The van der Waals surface area contributed by atoms with Crippen molar-refractivity contribution in [1.29, 1.82) is 0 Å². The molecule has 0 aromatic heterocycles. The van der Waals surface area contributed by atoms with Gasteiger partial charge in [0.2, 0.25) is 0 Å². The molecule has 0 N–H and O–H groups in total. The van der Waals surface area contributed by atoms with Crippen LogP contribution in [0.1, 0.15) is 44.7 Å². The van der Waals surface area contributed by atoms with Gasteiger partial charge in [-0.1, -0.05) is 12.1 Å². The van der Waals surface area contributed by atoms with E-state index in [1.165, 1.54) is 12.1 Å². The first-order chi connectivity index (χ1) is 12.4. The highest BCUT2D eigenvalue weighted by atomic mass is 19.1. The Kier molecular flexibility index (Phi) is 4.55. The number of carbonyl (C=O) groups excluding carboxylic acids is 2. The molecule has 1 saturated heterocycles. The highest BCUT2D eigenvalue weighted by molar-refractivity contribution is 6.15. The summed E-state index contributed by atoms with van der Waals surface area (Å²) in [5.74, 6) is -3.01. The number of hydrogen-bond acceptors (Lipinski definition) is 3. The van der Waals surface area contributed by atoms with E-state index in [-0.39, 0.29) is 17.1 Å². The van der Waals surface area contributed by atoms with E-state index in [1.54, 1.807) is 52.8 Å². The van der Waals surface area contributed by atoms with Gasteiger partial charge in [-0.2, -0.15) is 0 Å². The van der Waals surface area contributed by atoms with Crippen LogP contribution < -0.4 is 0 Å². The summed E-state index contributed by atoms with van der Waals surface area (Å²) in [6.07, 6.45) is 0. The summed E-state index contributed by atoms with van der Waals surface area (Å²) in [4.78, 5) is 26.0. The number of benzene rings is 2. The fourth-order valence-corrected chi connectivity index (χ4v) is 3.68. The van der Waals surface area contributed by atoms with Crippen LogP contribution in [0.3, 0.4) is 0 Å². The van der Waals surface area contributed by atoms with Crippen LogP contribution in [-0.4, -0.2) is 22.8 Å². The first-order valence-corrected chi connectivity index (χ1v) is 8.79. The van der Waals surface area contributed by atoms with Crippen molar-refractivity contribution in [1.82, 2.24) is 0 Å². The summed E-state index contributed by atoms with van der Waals surface area (Å²) >= 11 is 0. The molecular weight excluding hydrogens is 350 g/mol. The summed E-state index contributed by atoms with van der Waals surface area (Å²) < 4.78 is 33.2. The van der Waals surface area contributed by atoms with Crippen molar-refractivity contribution >= 4 is 11.6 Å². The van der Waals surface area contributed by atoms with Crippen molar-refractivity contribution in [3.8, 4) is 11.1 Å². The molecule has 1 aliphatic rings. The zero-order valence-corrected chi connectivity index (χ0v) is 16.0. The molecule has 2 aromatic rings. The molecule has 1 fully saturated rings. The van der Waals surface area contributed by atoms with E-state index < -0.39 is 28.8 Å². The van der Waals surface area contributed by atoms with Crippen molar-refractivity contribution in [3.05, 3.63) is 59.2 Å². The number of Topliss-reactive ketones (excluding diaryl/α,β-unsaturated/α-hetero) is 2. The standard InChI is InChI=1S/C22H22F2O3/c1-12-6-7-13(15-9-8-14(23)11-17(15)24)10-16(12)18-19(25)21(2,3)27-22(4,5)20(18)26/h6-11,18H,1-5H3. The molecule has 0 aliphatic carbocycles. The van der Waals surface area contributed by atoms with E-state index in [9.17, 15) is 18.4 Å². The zero-order chi connectivity index (χ0) is 20.1. The van der Waals surface area contributed by atoms with Crippen LogP contribution in [0, 0.1) is 18.6 Å². The van der Waals surface area contributed by atoms with Crippen LogP contribution in [0.4, 0.5) is 8.78 Å². The van der Waals surface area contributed by atoms with E-state index in [4.69, 9.17) is 4.74 Å². The van der Waals surface area contributed by atoms with E-state index in [0.717, 1.165) is 11.6 Å². The van der Waals surface area contributed by atoms with Crippen molar-refractivity contribution in [2.75, 3.05) is 0 Å². The lowest BCUT2D eigenvalue weighted by molar-refractivity contribution is -0.184. The topological polar surface area (TPSA) is 43.4 Å². The molecule has 3 rings (SSSR count). The fourth-order valence-electron chi connectivity index (χ4n) is 3.68. The van der Waals surface area contributed by atoms with Crippen molar-refractivity contribution < 1.29 is 23.1 Å². The first-order valence-electron chi connectivity index (χ1n) is 8.79. The molecule has 1 aliphatic heterocycles. The minimum atomic E-state index is -1.12. The molecule has 2 aromatic carbocycles. The molecule has 3 nitrogen and oxygen atoms in total. The van der Waals surface area contributed by atoms with Gasteiger partial charge in [-0.25, -0.2) is 8.78 Å². The molecule has 5 heteroatoms. The number of ketones is 2. The van der Waals surface area contributed by atoms with Crippen LogP contribution in [0.15, 0.2) is 36.4 Å². The maximum absolute atomic E-state index is 14.2. The highest BCUT2D eigenvalue weighted by Gasteiger charge is 2.53. The zero-order valence-electron chi connectivity index (χ0n) is 16.0. The molecule has 0 atom stereocenters. The largest absolute Gasteiger partial charge is 0.354 e. The summed E-state index contributed by atoms with van der Waals surface area (Å²) in [7, 11) is 0. The second kappa shape index (κ2) is 6.34. The van der Waals surface area contributed by atoms with Gasteiger partial charge in [-0.15, -0.1) is 0 Å². The van der Waals surface area contributed by atoms with E-state index >= 15 is 0 Å². The van der Waals surface area contributed by atoms with Crippen molar-refractivity contribution in [3.63, 3.8) is 0 Å². The van der Waals surface area contributed by atoms with Gasteiger partial charge in [-0.3, -0.25) is 9.59 Å². The number of ether oxygens (including phenoxy) is 1. The molecule has 0 radical (unpaired) electrons. The molecule has 1 heterocycles. The van der Waals surface area contributed by atoms with Gasteiger partial charge in [0.05, 0.1) is 0 Å². The lowest BCUT2D eigenvalue weighted by Crippen LogP contribution is -2.58. The minimum Gasteiger partial charge on any atom is -0.354 e. The summed E-state index contributed by atoms with van der Waals surface area (Å²) in [5, 5.41) is 0. The molecule has 0 saturated carbocycles. The Balaban J connectivity index is 2.16. The normalized spacial score (nSPS) is 19.4. The van der Waals surface area contributed by atoms with Gasteiger partial charge < -0.3 is 4.74 Å². The van der Waals surface area contributed by atoms with E-state index in [2.05, 4.69) is 0 Å². The summed E-state index contributed by atoms with van der Waals surface area (Å²) in [5.41, 5.74) is -0.270. The summed E-state index contributed by atoms with van der Waals surface area (Å²) in [6, 6.07) is 8.41. The lowest BCUT2D eigenvalue weighted by Gasteiger charge is -2.43. The van der Waals surface area contributed by atoms with Crippen molar-refractivity contribution in [2.45, 2.75) is 51.7 Å². The van der Waals surface area contributed by atoms with E-state index in [1.807, 2.05) is 0 Å². The first kappa shape index (κ1) is 19.4. The van der Waals surface area contributed by atoms with E-state index in [0.29, 0.717) is 11.1 Å². The monoisotopic (exact) mass is 372 g/mol. The number of hydrogen-bond donors (Lipinski definition) is 0. The Labute approximate surface area is 157 Å². The predicted molar refractivity (Wildman–Crippen MR) is 98.5 cm³/mol. The predicted octanol–water partition coefficient (Wildman–Crippen LogP) is 4.75. The van der Waals surface area contributed by atoms with Gasteiger partial charge in [0.1, 0.15) is 28.8 Å². The number of halogens is 2. The Hall–Kier alpha value is -2.40. The molecular formula is C22H22F2O3. The average Bonchev–Trinajstić information content (AvgIpc) is 2.55. The lowest BCUT2D eigenvalue weighted by atomic mass is 9.73. The van der Waals surface area contributed by atoms with Crippen LogP contribution in [-0.2, 0) is 14.3 Å². The summed E-state index contributed by atoms with van der Waals surface area (Å²) in [6.45, 7) is 8.39. The molecule has 0 amide bonds. The Bertz CT molecular complexity index is 919. The smallest absolute Gasteiger partial charge is 0.179 e. The molecule has 0 bridgehead atoms. The number of carbonyl (C=O) groups is 2. The van der Waals surface area contributed by atoms with Gasteiger partial charge in [0.15, 0.2) is 11.6 Å². The third kappa shape index (κ3) is 3.32. The van der Waals surface area contributed by atoms with Crippen LogP contribution in [0.25, 0.3) is 11.1 Å². The molecule has 142 valence electrons. The van der Waals surface area contributed by atoms with Gasteiger partial charge >= 0.3 is 0 Å².